The van der Waals surface area contributed by atoms with Crippen molar-refractivity contribution >= 4 is 23.6 Å². The van der Waals surface area contributed by atoms with Crippen LogP contribution in [-0.4, -0.2) is 41.2 Å². The molecule has 0 bridgehead atoms. The molecule has 4 rings (SSSR count). The summed E-state index contributed by atoms with van der Waals surface area (Å²) in [5.41, 5.74) is 9.84. The fraction of sp³-hybridized carbons (Fsp3) is 0.280. The normalized spacial score (nSPS) is 17.6. The van der Waals surface area contributed by atoms with E-state index in [-0.39, 0.29) is 29.3 Å². The number of nitriles is 1. The molecule has 0 spiro atoms. The average molecular weight is 477 g/mol. The standard InChI is InChI=1S/C25H24N4O4S/c1-5-33-25(31)21-18-12-34-23-19(13(2)10-14(3)28-23)24(30)29(18)22(27)17(11-26)20(21)15-6-8-16(32-4)9-7-15/h6-10,20H,5,12,27H2,1-4H3. The number of carbonyl (C=O) groups excluding carboxylic acids is 2. The molecular weight excluding hydrogens is 452 g/mol. The second-order valence-electron chi connectivity index (χ2n) is 7.89. The molecular formula is C25H24N4O4S. The topological polar surface area (TPSA) is 119 Å². The van der Waals surface area contributed by atoms with Crippen molar-refractivity contribution < 1.29 is 19.1 Å². The highest BCUT2D eigenvalue weighted by atomic mass is 32.2. The molecule has 1 aromatic carbocycles. The van der Waals surface area contributed by atoms with E-state index in [1.54, 1.807) is 38.3 Å². The van der Waals surface area contributed by atoms with Crippen LogP contribution in [0, 0.1) is 25.2 Å². The molecule has 0 aliphatic carbocycles. The number of nitrogens with two attached hydrogens (primary N) is 1. The Kier molecular flexibility index (Phi) is 6.35. The van der Waals surface area contributed by atoms with Crippen LogP contribution < -0.4 is 10.5 Å². The minimum absolute atomic E-state index is 0.00444. The summed E-state index contributed by atoms with van der Waals surface area (Å²) in [6.07, 6.45) is 0. The molecule has 2 aromatic rings. The van der Waals surface area contributed by atoms with Crippen molar-refractivity contribution in [2.45, 2.75) is 31.7 Å². The van der Waals surface area contributed by atoms with Gasteiger partial charge in [0.1, 0.15) is 16.6 Å². The van der Waals surface area contributed by atoms with Crippen LogP contribution in [0.2, 0.25) is 0 Å². The number of hydrogen-bond acceptors (Lipinski definition) is 8. The summed E-state index contributed by atoms with van der Waals surface area (Å²) in [5, 5.41) is 10.7. The van der Waals surface area contributed by atoms with E-state index in [2.05, 4.69) is 11.1 Å². The molecule has 2 aliphatic rings. The highest BCUT2D eigenvalue weighted by Crippen LogP contribution is 2.45. The van der Waals surface area contributed by atoms with Gasteiger partial charge in [0.15, 0.2) is 0 Å². The minimum atomic E-state index is -0.786. The van der Waals surface area contributed by atoms with Crippen molar-refractivity contribution in [3.05, 3.63) is 75.4 Å². The van der Waals surface area contributed by atoms with Crippen molar-refractivity contribution in [3.8, 4) is 11.8 Å². The number of aromatic nitrogens is 1. The molecule has 0 fully saturated rings. The smallest absolute Gasteiger partial charge is 0.336 e. The number of benzene rings is 1. The number of ether oxygens (including phenoxy) is 2. The van der Waals surface area contributed by atoms with E-state index < -0.39 is 17.8 Å². The number of aryl methyl sites for hydroxylation is 2. The molecule has 34 heavy (non-hydrogen) atoms. The first-order valence-corrected chi connectivity index (χ1v) is 11.7. The molecule has 0 radical (unpaired) electrons. The Morgan fingerprint density at radius 3 is 2.65 bits per heavy atom. The number of thioether (sulfide) groups is 1. The van der Waals surface area contributed by atoms with Gasteiger partial charge in [0.2, 0.25) is 0 Å². The zero-order chi connectivity index (χ0) is 24.6. The zero-order valence-corrected chi connectivity index (χ0v) is 20.2. The van der Waals surface area contributed by atoms with Crippen molar-refractivity contribution in [1.82, 2.24) is 9.88 Å². The van der Waals surface area contributed by atoms with Gasteiger partial charge >= 0.3 is 5.97 Å². The molecule has 2 N–H and O–H groups in total. The fourth-order valence-electron chi connectivity index (χ4n) is 4.33. The van der Waals surface area contributed by atoms with Gasteiger partial charge in [-0.2, -0.15) is 5.26 Å². The molecule has 9 heteroatoms. The Balaban J connectivity index is 1.98. The fourth-order valence-corrected chi connectivity index (χ4v) is 5.49. The second-order valence-corrected chi connectivity index (χ2v) is 8.85. The Hall–Kier alpha value is -3.77. The van der Waals surface area contributed by atoms with Gasteiger partial charge in [-0.15, -0.1) is 0 Å². The van der Waals surface area contributed by atoms with E-state index in [4.69, 9.17) is 15.2 Å². The Morgan fingerprint density at radius 2 is 2.03 bits per heavy atom. The van der Waals surface area contributed by atoms with Gasteiger partial charge in [-0.25, -0.2) is 9.78 Å². The number of fused-ring (bicyclic) bond motifs is 2. The van der Waals surface area contributed by atoms with E-state index >= 15 is 0 Å². The Bertz CT molecular complexity index is 1290. The van der Waals surface area contributed by atoms with Crippen LogP contribution in [0.1, 0.15) is 40.0 Å². The van der Waals surface area contributed by atoms with E-state index in [0.717, 1.165) is 11.3 Å². The van der Waals surface area contributed by atoms with Crippen LogP contribution >= 0.6 is 11.8 Å². The number of rotatable bonds is 4. The molecule has 3 heterocycles. The third kappa shape index (κ3) is 3.80. The van der Waals surface area contributed by atoms with Crippen LogP contribution in [0.5, 0.6) is 5.75 Å². The summed E-state index contributed by atoms with van der Waals surface area (Å²) in [4.78, 5) is 32.9. The van der Waals surface area contributed by atoms with Gasteiger partial charge in [-0.3, -0.25) is 9.69 Å². The maximum atomic E-state index is 13.8. The molecule has 1 unspecified atom stereocenters. The summed E-state index contributed by atoms with van der Waals surface area (Å²) >= 11 is 1.36. The Morgan fingerprint density at radius 1 is 1.32 bits per heavy atom. The third-order valence-electron chi connectivity index (χ3n) is 5.81. The van der Waals surface area contributed by atoms with Gasteiger partial charge in [0, 0.05) is 17.1 Å². The second kappa shape index (κ2) is 9.23. The predicted molar refractivity (Wildman–Crippen MR) is 127 cm³/mol. The average Bonchev–Trinajstić information content (AvgIpc) is 2.95. The summed E-state index contributed by atoms with van der Waals surface area (Å²) in [7, 11) is 1.56. The van der Waals surface area contributed by atoms with Gasteiger partial charge in [-0.1, -0.05) is 23.9 Å². The number of hydrogen-bond donors (Lipinski definition) is 1. The summed E-state index contributed by atoms with van der Waals surface area (Å²) < 4.78 is 10.6. The molecule has 1 amide bonds. The molecule has 2 aliphatic heterocycles. The quantitative estimate of drug-likeness (QED) is 0.666. The predicted octanol–water partition coefficient (Wildman–Crippen LogP) is 3.56. The first kappa shape index (κ1) is 23.4. The lowest BCUT2D eigenvalue weighted by Crippen LogP contribution is -2.41. The number of carbonyl (C=O) groups is 2. The van der Waals surface area contributed by atoms with Crippen LogP contribution in [-0.2, 0) is 9.53 Å². The monoisotopic (exact) mass is 476 g/mol. The van der Waals surface area contributed by atoms with E-state index in [1.807, 2.05) is 19.9 Å². The van der Waals surface area contributed by atoms with E-state index in [9.17, 15) is 14.9 Å². The van der Waals surface area contributed by atoms with Crippen molar-refractivity contribution in [3.63, 3.8) is 0 Å². The Labute approximate surface area is 202 Å². The third-order valence-corrected chi connectivity index (χ3v) is 6.80. The number of methoxy groups -OCH3 is 1. The first-order chi connectivity index (χ1) is 16.3. The molecule has 0 saturated heterocycles. The maximum absolute atomic E-state index is 13.8. The van der Waals surface area contributed by atoms with Crippen LogP contribution in [0.25, 0.3) is 0 Å². The molecule has 1 aromatic heterocycles. The van der Waals surface area contributed by atoms with Gasteiger partial charge < -0.3 is 15.2 Å². The number of esters is 1. The lowest BCUT2D eigenvalue weighted by atomic mass is 9.81. The van der Waals surface area contributed by atoms with E-state index in [1.165, 1.54) is 16.7 Å². The van der Waals surface area contributed by atoms with Crippen LogP contribution in [0.4, 0.5) is 0 Å². The van der Waals surface area contributed by atoms with Crippen LogP contribution in [0.3, 0.4) is 0 Å². The SMILES string of the molecule is CCOC(=O)C1=C2CSc3nc(C)cc(C)c3C(=O)N2C(N)=C(C#N)C1c1ccc(OC)cc1. The van der Waals surface area contributed by atoms with Crippen molar-refractivity contribution in [2.75, 3.05) is 19.5 Å². The highest BCUT2D eigenvalue weighted by Gasteiger charge is 2.43. The van der Waals surface area contributed by atoms with Crippen molar-refractivity contribution in [1.29, 1.82) is 5.26 Å². The van der Waals surface area contributed by atoms with Gasteiger partial charge in [0.25, 0.3) is 5.91 Å². The van der Waals surface area contributed by atoms with E-state index in [0.29, 0.717) is 27.6 Å². The number of amides is 1. The highest BCUT2D eigenvalue weighted by molar-refractivity contribution is 7.99. The van der Waals surface area contributed by atoms with Crippen LogP contribution in [0.15, 0.2) is 58.0 Å². The van der Waals surface area contributed by atoms with Gasteiger partial charge in [-0.05, 0) is 50.1 Å². The number of pyridine rings is 1. The molecule has 8 nitrogen and oxygen atoms in total. The first-order valence-electron chi connectivity index (χ1n) is 10.7. The molecule has 0 saturated carbocycles. The summed E-state index contributed by atoms with van der Waals surface area (Å²) in [6.45, 7) is 5.55. The molecule has 1 atom stereocenters. The lowest BCUT2D eigenvalue weighted by molar-refractivity contribution is -0.138. The maximum Gasteiger partial charge on any atom is 0.336 e. The van der Waals surface area contributed by atoms with Gasteiger partial charge in [0.05, 0.1) is 42.4 Å². The van der Waals surface area contributed by atoms with Crippen molar-refractivity contribution in [2.24, 2.45) is 5.73 Å². The summed E-state index contributed by atoms with van der Waals surface area (Å²) in [6, 6.07) is 11.0. The number of allylic oxidation sites excluding steroid dienone is 1. The zero-order valence-electron chi connectivity index (χ0n) is 19.3. The minimum Gasteiger partial charge on any atom is -0.497 e. The summed E-state index contributed by atoms with van der Waals surface area (Å²) in [5.74, 6) is -0.899. The molecule has 174 valence electrons. The lowest BCUT2D eigenvalue weighted by Gasteiger charge is -2.35. The largest absolute Gasteiger partial charge is 0.497 e. The number of nitrogens with zero attached hydrogens (tertiary/aromatic N) is 3.